The number of benzene rings is 1. The molecular formula is C20H23N3O3. The lowest BCUT2D eigenvalue weighted by molar-refractivity contribution is -0.148. The molecule has 26 heavy (non-hydrogen) atoms. The minimum atomic E-state index is -0.423. The number of methoxy groups -OCH3 is 1. The maximum Gasteiger partial charge on any atom is 0.200 e. The highest BCUT2D eigenvalue weighted by Crippen LogP contribution is 2.52. The van der Waals surface area contributed by atoms with Gasteiger partial charge in [-0.1, -0.05) is 12.1 Å². The van der Waals surface area contributed by atoms with Gasteiger partial charge in [0.2, 0.25) is 5.72 Å². The zero-order valence-electron chi connectivity index (χ0n) is 15.1. The van der Waals surface area contributed by atoms with E-state index in [0.717, 1.165) is 60.9 Å². The zero-order chi connectivity index (χ0) is 17.7. The maximum absolute atomic E-state index is 6.65. The van der Waals surface area contributed by atoms with Gasteiger partial charge in [-0.2, -0.15) is 5.10 Å². The third kappa shape index (κ3) is 2.25. The van der Waals surface area contributed by atoms with E-state index in [0.29, 0.717) is 0 Å². The van der Waals surface area contributed by atoms with Crippen molar-refractivity contribution >= 4 is 5.71 Å². The Morgan fingerprint density at radius 2 is 2.04 bits per heavy atom. The molecule has 1 fully saturated rings. The molecular weight excluding hydrogens is 330 g/mol. The molecule has 1 aromatic carbocycles. The Kier molecular flexibility index (Phi) is 3.50. The lowest BCUT2D eigenvalue weighted by atomic mass is 9.91. The van der Waals surface area contributed by atoms with Gasteiger partial charge in [0.1, 0.15) is 11.5 Å². The summed E-state index contributed by atoms with van der Waals surface area (Å²) in [6.07, 6.45) is 4.33. The van der Waals surface area contributed by atoms with E-state index in [-0.39, 0.29) is 6.04 Å². The van der Waals surface area contributed by atoms with E-state index in [2.05, 4.69) is 23.0 Å². The van der Waals surface area contributed by atoms with Gasteiger partial charge in [0, 0.05) is 37.9 Å². The smallest absolute Gasteiger partial charge is 0.200 e. The second-order valence-electron chi connectivity index (χ2n) is 7.32. The fraction of sp³-hybridized carbons (Fsp3) is 0.450. The average Bonchev–Trinajstić information content (AvgIpc) is 3.34. The van der Waals surface area contributed by atoms with Crippen molar-refractivity contribution in [2.75, 3.05) is 27.2 Å². The summed E-state index contributed by atoms with van der Waals surface area (Å²) in [7, 11) is 3.86. The molecule has 6 heteroatoms. The number of furan rings is 1. The minimum absolute atomic E-state index is 0.150. The summed E-state index contributed by atoms with van der Waals surface area (Å²) < 4.78 is 17.9. The fourth-order valence-electron chi connectivity index (χ4n) is 4.32. The van der Waals surface area contributed by atoms with E-state index in [9.17, 15) is 0 Å². The first-order valence-electron chi connectivity index (χ1n) is 9.15. The molecule has 0 N–H and O–H groups in total. The van der Waals surface area contributed by atoms with Crippen LogP contribution in [0, 0.1) is 0 Å². The molecule has 136 valence electrons. The first-order valence-corrected chi connectivity index (χ1v) is 9.15. The first kappa shape index (κ1) is 15.8. The monoisotopic (exact) mass is 353 g/mol. The summed E-state index contributed by atoms with van der Waals surface area (Å²) >= 11 is 0. The van der Waals surface area contributed by atoms with Crippen LogP contribution in [-0.4, -0.2) is 48.6 Å². The number of likely N-dealkylation sites (tertiary alicyclic amines) is 1. The van der Waals surface area contributed by atoms with E-state index in [4.69, 9.17) is 19.0 Å². The van der Waals surface area contributed by atoms with Gasteiger partial charge in [0.05, 0.1) is 19.4 Å². The van der Waals surface area contributed by atoms with Gasteiger partial charge in [-0.15, -0.1) is 0 Å². The van der Waals surface area contributed by atoms with Crippen molar-refractivity contribution in [3.05, 3.63) is 47.9 Å². The molecule has 0 unspecified atom stereocenters. The van der Waals surface area contributed by atoms with Crippen molar-refractivity contribution in [3.8, 4) is 11.5 Å². The van der Waals surface area contributed by atoms with Crippen LogP contribution in [0.1, 0.15) is 36.6 Å². The second-order valence-corrected chi connectivity index (χ2v) is 7.32. The van der Waals surface area contributed by atoms with E-state index in [1.165, 1.54) is 0 Å². The largest absolute Gasteiger partial charge is 0.493 e. The van der Waals surface area contributed by atoms with E-state index in [1.54, 1.807) is 13.4 Å². The third-order valence-electron chi connectivity index (χ3n) is 5.78. The molecule has 1 spiro atoms. The summed E-state index contributed by atoms with van der Waals surface area (Å²) in [5.74, 6) is 2.51. The molecule has 3 aliphatic rings. The van der Waals surface area contributed by atoms with Gasteiger partial charge >= 0.3 is 0 Å². The van der Waals surface area contributed by atoms with Crippen LogP contribution in [0.4, 0.5) is 0 Å². The predicted octanol–water partition coefficient (Wildman–Crippen LogP) is 3.25. The third-order valence-corrected chi connectivity index (χ3v) is 5.78. The Bertz CT molecular complexity index is 838. The highest BCUT2D eigenvalue weighted by atomic mass is 16.5. The SMILES string of the molecule is COc1cccc2c1OC1(CCN(C)CC1)N1N=C(c3ccco3)C[C@H]21. The fourth-order valence-corrected chi connectivity index (χ4v) is 4.32. The molecule has 4 heterocycles. The molecule has 5 rings (SSSR count). The molecule has 0 amide bonds. The Labute approximate surface area is 153 Å². The summed E-state index contributed by atoms with van der Waals surface area (Å²) in [6, 6.07) is 10.2. The molecule has 3 aliphatic heterocycles. The number of hydrazone groups is 1. The number of rotatable bonds is 2. The summed E-state index contributed by atoms with van der Waals surface area (Å²) in [4.78, 5) is 2.34. The molecule has 0 bridgehead atoms. The molecule has 1 aromatic heterocycles. The van der Waals surface area contributed by atoms with Crippen LogP contribution in [0.3, 0.4) is 0 Å². The maximum atomic E-state index is 6.65. The minimum Gasteiger partial charge on any atom is -0.493 e. The number of hydrogen-bond acceptors (Lipinski definition) is 6. The van der Waals surface area contributed by atoms with Crippen molar-refractivity contribution in [1.82, 2.24) is 9.91 Å². The second kappa shape index (κ2) is 5.77. The van der Waals surface area contributed by atoms with Gasteiger partial charge in [0.15, 0.2) is 11.5 Å². The van der Waals surface area contributed by atoms with Gasteiger partial charge in [-0.05, 0) is 25.2 Å². The molecule has 0 saturated carbocycles. The van der Waals surface area contributed by atoms with E-state index in [1.807, 2.05) is 24.3 Å². The van der Waals surface area contributed by atoms with E-state index >= 15 is 0 Å². The summed E-state index contributed by atoms with van der Waals surface area (Å²) in [5.41, 5.74) is 1.70. The highest BCUT2D eigenvalue weighted by molar-refractivity contribution is 5.99. The Morgan fingerprint density at radius 3 is 2.77 bits per heavy atom. The Balaban J connectivity index is 1.62. The van der Waals surface area contributed by atoms with Crippen molar-refractivity contribution in [3.63, 3.8) is 0 Å². The first-order chi connectivity index (χ1) is 12.7. The molecule has 0 aliphatic carbocycles. The van der Waals surface area contributed by atoms with Crippen LogP contribution in [0.15, 0.2) is 46.1 Å². The van der Waals surface area contributed by atoms with Crippen molar-refractivity contribution in [2.45, 2.75) is 31.0 Å². The van der Waals surface area contributed by atoms with Gasteiger partial charge in [-0.25, -0.2) is 5.01 Å². The van der Waals surface area contributed by atoms with Crippen LogP contribution >= 0.6 is 0 Å². The molecule has 0 radical (unpaired) electrons. The lowest BCUT2D eigenvalue weighted by Gasteiger charge is -2.50. The van der Waals surface area contributed by atoms with Crippen LogP contribution in [0.2, 0.25) is 0 Å². The normalized spacial score (nSPS) is 24.0. The molecule has 1 atom stereocenters. The highest BCUT2D eigenvalue weighted by Gasteiger charge is 2.52. The average molecular weight is 353 g/mol. The van der Waals surface area contributed by atoms with Crippen LogP contribution in [0.25, 0.3) is 0 Å². The number of hydrogen-bond donors (Lipinski definition) is 0. The van der Waals surface area contributed by atoms with Crippen LogP contribution in [-0.2, 0) is 0 Å². The summed E-state index contributed by atoms with van der Waals surface area (Å²) in [6.45, 7) is 1.97. The topological polar surface area (TPSA) is 50.4 Å². The van der Waals surface area contributed by atoms with Gasteiger partial charge in [0.25, 0.3) is 0 Å². The number of ether oxygens (including phenoxy) is 2. The number of nitrogens with zero attached hydrogens (tertiary/aromatic N) is 3. The van der Waals surface area contributed by atoms with Crippen molar-refractivity contribution in [2.24, 2.45) is 5.10 Å². The van der Waals surface area contributed by atoms with Crippen molar-refractivity contribution in [1.29, 1.82) is 0 Å². The Morgan fingerprint density at radius 1 is 1.19 bits per heavy atom. The zero-order valence-corrected chi connectivity index (χ0v) is 15.1. The summed E-state index contributed by atoms with van der Waals surface area (Å²) in [5, 5.41) is 7.17. The van der Waals surface area contributed by atoms with E-state index < -0.39 is 5.72 Å². The van der Waals surface area contributed by atoms with Gasteiger partial charge in [-0.3, -0.25) is 0 Å². The standard InChI is InChI=1S/C20H23N3O3/c1-22-10-8-20(9-11-22)23-16(13-15(21-23)17-7-4-12-25-17)14-5-3-6-18(24-2)19(14)26-20/h3-7,12,16H,8-11,13H2,1-2H3/t16-/m1/s1. The number of fused-ring (bicyclic) bond motifs is 4. The molecule has 2 aromatic rings. The van der Waals surface area contributed by atoms with Crippen molar-refractivity contribution < 1.29 is 13.9 Å². The molecule has 1 saturated heterocycles. The van der Waals surface area contributed by atoms with Crippen LogP contribution < -0.4 is 9.47 Å². The number of para-hydroxylation sites is 1. The number of piperidine rings is 1. The molecule has 6 nitrogen and oxygen atoms in total. The van der Waals surface area contributed by atoms with Gasteiger partial charge < -0.3 is 18.8 Å². The Hall–Kier alpha value is -2.47. The quantitative estimate of drug-likeness (QED) is 0.829. The lowest BCUT2D eigenvalue weighted by Crippen LogP contribution is -2.58. The van der Waals surface area contributed by atoms with Crippen LogP contribution in [0.5, 0.6) is 11.5 Å². The predicted molar refractivity (Wildman–Crippen MR) is 97.5 cm³/mol.